The Labute approximate surface area is 89.8 Å². The third-order valence-electron chi connectivity index (χ3n) is 2.75. The standard InChI is InChI=1S/C11H17NO3/c1-2-3-4-5-10-7-6-9-8-14-11(13)12(9)15-10/h6-7,9-10H,2-5,8H2,1H3/t9-,10-/m1/s1. The fourth-order valence-corrected chi connectivity index (χ4v) is 1.86. The van der Waals surface area contributed by atoms with Gasteiger partial charge in [0.1, 0.15) is 18.8 Å². The zero-order valence-electron chi connectivity index (χ0n) is 9.02. The number of fused-ring (bicyclic) bond motifs is 1. The smallest absolute Gasteiger partial charge is 0.434 e. The molecule has 2 aliphatic rings. The topological polar surface area (TPSA) is 38.8 Å². The van der Waals surface area contributed by atoms with Crippen molar-refractivity contribution in [2.45, 2.75) is 44.8 Å². The summed E-state index contributed by atoms with van der Waals surface area (Å²) in [4.78, 5) is 16.8. The van der Waals surface area contributed by atoms with Crippen molar-refractivity contribution in [3.8, 4) is 0 Å². The van der Waals surface area contributed by atoms with Crippen molar-refractivity contribution in [2.24, 2.45) is 0 Å². The average Bonchev–Trinajstić information content (AvgIpc) is 2.61. The predicted molar refractivity (Wildman–Crippen MR) is 55.1 cm³/mol. The van der Waals surface area contributed by atoms with Crippen LogP contribution in [0.1, 0.15) is 32.6 Å². The number of nitrogens with zero attached hydrogens (tertiary/aromatic N) is 1. The van der Waals surface area contributed by atoms with Crippen molar-refractivity contribution >= 4 is 6.09 Å². The molecule has 0 saturated carbocycles. The van der Waals surface area contributed by atoms with Gasteiger partial charge in [0.2, 0.25) is 0 Å². The summed E-state index contributed by atoms with van der Waals surface area (Å²) in [7, 11) is 0. The van der Waals surface area contributed by atoms with Crippen LogP contribution in [0.25, 0.3) is 0 Å². The predicted octanol–water partition coefficient (Wildman–Crippen LogP) is 2.26. The molecule has 2 rings (SSSR count). The van der Waals surface area contributed by atoms with Gasteiger partial charge >= 0.3 is 6.09 Å². The maximum absolute atomic E-state index is 11.2. The van der Waals surface area contributed by atoms with Crippen LogP contribution in [-0.4, -0.2) is 29.9 Å². The van der Waals surface area contributed by atoms with Crippen LogP contribution in [0, 0.1) is 0 Å². The van der Waals surface area contributed by atoms with Crippen molar-refractivity contribution in [2.75, 3.05) is 6.61 Å². The second kappa shape index (κ2) is 4.66. The van der Waals surface area contributed by atoms with Gasteiger partial charge in [-0.1, -0.05) is 38.3 Å². The second-order valence-electron chi connectivity index (χ2n) is 3.99. The number of hydrogen-bond donors (Lipinski definition) is 0. The summed E-state index contributed by atoms with van der Waals surface area (Å²) in [5.41, 5.74) is 0. The van der Waals surface area contributed by atoms with Crippen molar-refractivity contribution < 1.29 is 14.4 Å². The fourth-order valence-electron chi connectivity index (χ4n) is 1.86. The van der Waals surface area contributed by atoms with E-state index < -0.39 is 0 Å². The van der Waals surface area contributed by atoms with Crippen molar-refractivity contribution in [3.63, 3.8) is 0 Å². The zero-order valence-corrected chi connectivity index (χ0v) is 9.02. The van der Waals surface area contributed by atoms with Crippen LogP contribution in [-0.2, 0) is 9.57 Å². The van der Waals surface area contributed by atoms with Crippen molar-refractivity contribution in [1.82, 2.24) is 5.06 Å². The fraction of sp³-hybridized carbons (Fsp3) is 0.727. The van der Waals surface area contributed by atoms with Crippen LogP contribution < -0.4 is 0 Å². The van der Waals surface area contributed by atoms with Crippen LogP contribution in [0.2, 0.25) is 0 Å². The van der Waals surface area contributed by atoms with E-state index in [1.807, 2.05) is 12.2 Å². The molecule has 1 fully saturated rings. The first-order valence-electron chi connectivity index (χ1n) is 5.62. The molecule has 0 spiro atoms. The summed E-state index contributed by atoms with van der Waals surface area (Å²) in [5.74, 6) is 0. The summed E-state index contributed by atoms with van der Waals surface area (Å²) in [6.45, 7) is 2.59. The lowest BCUT2D eigenvalue weighted by Gasteiger charge is -2.27. The van der Waals surface area contributed by atoms with Gasteiger partial charge in [-0.15, -0.1) is 0 Å². The lowest BCUT2D eigenvalue weighted by atomic mass is 10.1. The molecule has 2 atom stereocenters. The Bertz CT molecular complexity index is 265. The normalized spacial score (nSPS) is 29.1. The molecular weight excluding hydrogens is 194 g/mol. The van der Waals surface area contributed by atoms with Gasteiger partial charge in [-0.05, 0) is 6.42 Å². The molecule has 1 saturated heterocycles. The van der Waals surface area contributed by atoms with E-state index in [1.54, 1.807) is 0 Å². The van der Waals surface area contributed by atoms with Crippen LogP contribution in [0.4, 0.5) is 4.79 Å². The maximum atomic E-state index is 11.2. The number of amides is 1. The number of rotatable bonds is 4. The van der Waals surface area contributed by atoms with Gasteiger partial charge in [0.15, 0.2) is 0 Å². The Hall–Kier alpha value is -1.03. The monoisotopic (exact) mass is 211 g/mol. The number of hydroxylamine groups is 2. The number of ether oxygens (including phenoxy) is 1. The first kappa shape index (κ1) is 10.5. The summed E-state index contributed by atoms with van der Waals surface area (Å²) in [6.07, 6.45) is 8.25. The SMILES string of the molecule is CCCCC[C@@H]1C=C[C@@H]2COC(=O)N2O1. The molecule has 0 bridgehead atoms. The second-order valence-corrected chi connectivity index (χ2v) is 3.99. The maximum Gasteiger partial charge on any atom is 0.434 e. The van der Waals surface area contributed by atoms with E-state index in [0.29, 0.717) is 6.61 Å². The van der Waals surface area contributed by atoms with Gasteiger partial charge in [-0.25, -0.2) is 4.79 Å². The molecular formula is C11H17NO3. The largest absolute Gasteiger partial charge is 0.445 e. The van der Waals surface area contributed by atoms with E-state index in [-0.39, 0.29) is 18.2 Å². The van der Waals surface area contributed by atoms with Crippen LogP contribution >= 0.6 is 0 Å². The summed E-state index contributed by atoms with van der Waals surface area (Å²) in [5, 5.41) is 1.36. The number of carbonyl (C=O) groups excluding carboxylic acids is 1. The van der Waals surface area contributed by atoms with Crippen LogP contribution in [0.15, 0.2) is 12.2 Å². The molecule has 15 heavy (non-hydrogen) atoms. The minimum atomic E-state index is -0.357. The minimum absolute atomic E-state index is 0.0140. The number of cyclic esters (lactones) is 1. The number of hydrogen-bond acceptors (Lipinski definition) is 3. The Kier molecular flexibility index (Phi) is 3.26. The van der Waals surface area contributed by atoms with E-state index in [9.17, 15) is 4.79 Å². The molecule has 0 aromatic carbocycles. The lowest BCUT2D eigenvalue weighted by Crippen LogP contribution is -2.39. The molecule has 0 aromatic heterocycles. The van der Waals surface area contributed by atoms with Crippen LogP contribution in [0.5, 0.6) is 0 Å². The Morgan fingerprint density at radius 3 is 3.13 bits per heavy atom. The van der Waals surface area contributed by atoms with E-state index in [1.165, 1.54) is 17.9 Å². The first-order chi connectivity index (χ1) is 7.31. The summed E-state index contributed by atoms with van der Waals surface area (Å²) in [6, 6.07) is -0.0140. The summed E-state index contributed by atoms with van der Waals surface area (Å²) >= 11 is 0. The highest BCUT2D eigenvalue weighted by Gasteiger charge is 2.36. The molecule has 4 heteroatoms. The highest BCUT2D eigenvalue weighted by molar-refractivity contribution is 5.69. The molecule has 0 unspecified atom stereocenters. The first-order valence-corrected chi connectivity index (χ1v) is 5.62. The van der Waals surface area contributed by atoms with Gasteiger partial charge in [0, 0.05) is 0 Å². The third kappa shape index (κ3) is 2.31. The Morgan fingerprint density at radius 1 is 1.47 bits per heavy atom. The molecule has 84 valence electrons. The van der Waals surface area contributed by atoms with Crippen molar-refractivity contribution in [3.05, 3.63) is 12.2 Å². The van der Waals surface area contributed by atoms with E-state index in [4.69, 9.17) is 9.57 Å². The quantitative estimate of drug-likeness (QED) is 0.529. The van der Waals surface area contributed by atoms with Gasteiger partial charge in [-0.2, -0.15) is 5.06 Å². The van der Waals surface area contributed by atoms with Gasteiger partial charge in [0.25, 0.3) is 0 Å². The molecule has 4 nitrogen and oxygen atoms in total. The Balaban J connectivity index is 1.85. The third-order valence-corrected chi connectivity index (χ3v) is 2.75. The highest BCUT2D eigenvalue weighted by atomic mass is 16.7. The molecule has 0 radical (unpaired) electrons. The van der Waals surface area contributed by atoms with E-state index in [2.05, 4.69) is 6.92 Å². The van der Waals surface area contributed by atoms with E-state index >= 15 is 0 Å². The van der Waals surface area contributed by atoms with Gasteiger partial charge in [-0.3, -0.25) is 4.84 Å². The van der Waals surface area contributed by atoms with Gasteiger partial charge in [0.05, 0.1) is 0 Å². The molecule has 0 N–H and O–H groups in total. The number of unbranched alkanes of at least 4 members (excludes halogenated alkanes) is 2. The average molecular weight is 211 g/mol. The zero-order chi connectivity index (χ0) is 10.7. The van der Waals surface area contributed by atoms with Gasteiger partial charge < -0.3 is 4.74 Å². The molecule has 2 aliphatic heterocycles. The molecule has 1 amide bonds. The van der Waals surface area contributed by atoms with Crippen molar-refractivity contribution in [1.29, 1.82) is 0 Å². The lowest BCUT2D eigenvalue weighted by molar-refractivity contribution is -0.158. The molecule has 2 heterocycles. The van der Waals surface area contributed by atoms with E-state index in [0.717, 1.165) is 12.8 Å². The molecule has 0 aliphatic carbocycles. The van der Waals surface area contributed by atoms with Crippen LogP contribution in [0.3, 0.4) is 0 Å². The minimum Gasteiger partial charge on any atom is -0.445 e. The summed E-state index contributed by atoms with van der Waals surface area (Å²) < 4.78 is 4.88. The number of carbonyl (C=O) groups is 1. The highest BCUT2D eigenvalue weighted by Crippen LogP contribution is 2.22. The Morgan fingerprint density at radius 2 is 2.33 bits per heavy atom. The molecule has 0 aromatic rings.